The van der Waals surface area contributed by atoms with Crippen molar-refractivity contribution < 1.29 is 0 Å². The molecule has 0 saturated carbocycles. The molecule has 0 amide bonds. The predicted octanol–water partition coefficient (Wildman–Crippen LogP) is 5.20. The Bertz CT molecular complexity index is 439. The lowest BCUT2D eigenvalue weighted by Gasteiger charge is -2.08. The van der Waals surface area contributed by atoms with Gasteiger partial charge in [0.25, 0.3) is 0 Å². The second-order valence-electron chi connectivity index (χ2n) is 4.14. The van der Waals surface area contributed by atoms with Crippen LogP contribution in [-0.4, -0.2) is 0 Å². The number of thiol groups is 1. The summed E-state index contributed by atoms with van der Waals surface area (Å²) in [6.45, 7) is 6.41. The lowest BCUT2D eigenvalue weighted by atomic mass is 9.97. The number of benzene rings is 1. The molecule has 0 radical (unpaired) electrons. The molecule has 17 heavy (non-hydrogen) atoms. The van der Waals surface area contributed by atoms with Gasteiger partial charge in [0, 0.05) is 0 Å². The molecule has 1 aromatic rings. The smallest absolute Gasteiger partial charge is 0.00761 e. The normalized spacial score (nSPS) is 14.7. The third-order valence-electron chi connectivity index (χ3n) is 2.65. The minimum absolute atomic E-state index is 0.466. The largest absolute Gasteiger partial charge is 0.151 e. The Morgan fingerprint density at radius 1 is 1.29 bits per heavy atom. The molecule has 90 valence electrons. The van der Waals surface area contributed by atoms with E-state index < -0.39 is 0 Å². The molecule has 1 aromatic carbocycles. The fourth-order valence-electron chi connectivity index (χ4n) is 1.92. The fourth-order valence-corrected chi connectivity index (χ4v) is 2.09. The van der Waals surface area contributed by atoms with Gasteiger partial charge in [0.1, 0.15) is 0 Å². The zero-order chi connectivity index (χ0) is 12.7. The molecule has 0 aliphatic rings. The van der Waals surface area contributed by atoms with Crippen LogP contribution in [0.5, 0.6) is 0 Å². The highest BCUT2D eigenvalue weighted by Gasteiger charge is 2.01. The monoisotopic (exact) mass is 244 g/mol. The third kappa shape index (κ3) is 4.27. The summed E-state index contributed by atoms with van der Waals surface area (Å²) in [5.41, 5.74) is 3.79. The summed E-state index contributed by atoms with van der Waals surface area (Å²) in [5.74, 6) is 0.466. The van der Waals surface area contributed by atoms with Crippen LogP contribution in [0.4, 0.5) is 0 Å². The maximum atomic E-state index is 4.14. The molecule has 0 bridgehead atoms. The maximum absolute atomic E-state index is 4.14. The summed E-state index contributed by atoms with van der Waals surface area (Å²) in [6.07, 6.45) is 8.59. The fraction of sp³-hybridized carbons (Fsp3) is 0.250. The van der Waals surface area contributed by atoms with Crippen LogP contribution in [0.1, 0.15) is 31.9 Å². The van der Waals surface area contributed by atoms with Crippen LogP contribution in [0.15, 0.2) is 47.9 Å². The Morgan fingerprint density at radius 3 is 2.65 bits per heavy atom. The maximum Gasteiger partial charge on any atom is -0.00761 e. The van der Waals surface area contributed by atoms with Crippen molar-refractivity contribution in [2.45, 2.75) is 20.8 Å². The van der Waals surface area contributed by atoms with Gasteiger partial charge in [-0.25, -0.2) is 0 Å². The summed E-state index contributed by atoms with van der Waals surface area (Å²) in [5, 5.41) is 1.78. The lowest BCUT2D eigenvalue weighted by Crippen LogP contribution is -1.89. The Labute approximate surface area is 110 Å². The standard InChI is InChI=1S/C16H20S/c1-4-7-13(2)12-14(3)16-9-6-5-8-15(16)10-11-17/h4-13,17H,1-3H3/b7-4-,11-10+,14-12-. The first kappa shape index (κ1) is 13.9. The van der Waals surface area contributed by atoms with E-state index in [2.05, 4.69) is 75.9 Å². The molecule has 1 unspecified atom stereocenters. The molecular weight excluding hydrogens is 224 g/mol. The molecule has 0 heterocycles. The molecular formula is C16H20S. The van der Waals surface area contributed by atoms with Crippen molar-refractivity contribution in [1.82, 2.24) is 0 Å². The van der Waals surface area contributed by atoms with Crippen LogP contribution in [0.25, 0.3) is 11.6 Å². The summed E-state index contributed by atoms with van der Waals surface area (Å²) in [4.78, 5) is 0. The van der Waals surface area contributed by atoms with E-state index in [0.29, 0.717) is 5.92 Å². The van der Waals surface area contributed by atoms with Crippen LogP contribution in [0.3, 0.4) is 0 Å². The van der Waals surface area contributed by atoms with Crippen molar-refractivity contribution in [3.8, 4) is 0 Å². The Morgan fingerprint density at radius 2 is 2.00 bits per heavy atom. The van der Waals surface area contributed by atoms with E-state index in [1.807, 2.05) is 6.08 Å². The molecule has 0 aromatic heterocycles. The molecule has 1 heteroatoms. The zero-order valence-corrected chi connectivity index (χ0v) is 11.6. The summed E-state index contributed by atoms with van der Waals surface area (Å²) < 4.78 is 0. The first-order valence-corrected chi connectivity index (χ1v) is 6.42. The zero-order valence-electron chi connectivity index (χ0n) is 10.7. The van der Waals surface area contributed by atoms with Gasteiger partial charge in [0.2, 0.25) is 0 Å². The summed E-state index contributed by atoms with van der Waals surface area (Å²) in [6, 6.07) is 8.38. The number of hydrogen-bond acceptors (Lipinski definition) is 1. The quantitative estimate of drug-likeness (QED) is 0.546. The van der Waals surface area contributed by atoms with Crippen LogP contribution >= 0.6 is 12.6 Å². The summed E-state index contributed by atoms with van der Waals surface area (Å²) in [7, 11) is 0. The topological polar surface area (TPSA) is 0 Å². The Balaban J connectivity index is 3.07. The average molecular weight is 244 g/mol. The van der Waals surface area contributed by atoms with E-state index in [-0.39, 0.29) is 0 Å². The minimum Gasteiger partial charge on any atom is -0.151 e. The molecule has 0 spiro atoms. The highest BCUT2D eigenvalue weighted by Crippen LogP contribution is 2.22. The number of hydrogen-bond donors (Lipinski definition) is 1. The van der Waals surface area contributed by atoms with Crippen molar-refractivity contribution in [3.63, 3.8) is 0 Å². The molecule has 0 fully saturated rings. The van der Waals surface area contributed by atoms with E-state index in [9.17, 15) is 0 Å². The van der Waals surface area contributed by atoms with Gasteiger partial charge in [-0.15, -0.1) is 0 Å². The number of rotatable bonds is 4. The van der Waals surface area contributed by atoms with Gasteiger partial charge in [-0.1, -0.05) is 49.4 Å². The van der Waals surface area contributed by atoms with E-state index >= 15 is 0 Å². The molecule has 1 atom stereocenters. The second kappa shape index (κ2) is 7.18. The van der Waals surface area contributed by atoms with Gasteiger partial charge in [-0.3, -0.25) is 0 Å². The van der Waals surface area contributed by atoms with Crippen molar-refractivity contribution in [3.05, 3.63) is 59.0 Å². The van der Waals surface area contributed by atoms with Crippen molar-refractivity contribution >= 4 is 24.3 Å². The number of allylic oxidation sites excluding steroid dienone is 4. The van der Waals surface area contributed by atoms with Gasteiger partial charge in [0.15, 0.2) is 0 Å². The lowest BCUT2D eigenvalue weighted by molar-refractivity contribution is 0.938. The third-order valence-corrected chi connectivity index (χ3v) is 2.80. The van der Waals surface area contributed by atoms with Crippen LogP contribution in [0, 0.1) is 5.92 Å². The second-order valence-corrected chi connectivity index (χ2v) is 4.44. The van der Waals surface area contributed by atoms with Crippen molar-refractivity contribution in [1.29, 1.82) is 0 Å². The molecule has 1 rings (SSSR count). The first-order chi connectivity index (χ1) is 8.19. The highest BCUT2D eigenvalue weighted by molar-refractivity contribution is 7.83. The van der Waals surface area contributed by atoms with Gasteiger partial charge in [0.05, 0.1) is 0 Å². The van der Waals surface area contributed by atoms with Gasteiger partial charge in [-0.2, -0.15) is 12.6 Å². The molecule has 0 aliphatic carbocycles. The highest BCUT2D eigenvalue weighted by atomic mass is 32.1. The Hall–Kier alpha value is -1.21. The van der Waals surface area contributed by atoms with E-state index in [1.165, 1.54) is 16.7 Å². The SMILES string of the molecule is C/C=C\C(C)/C=C(/C)c1ccccc1/C=C/S. The molecule has 0 saturated heterocycles. The summed E-state index contributed by atoms with van der Waals surface area (Å²) >= 11 is 4.14. The van der Waals surface area contributed by atoms with Crippen molar-refractivity contribution in [2.75, 3.05) is 0 Å². The van der Waals surface area contributed by atoms with E-state index in [0.717, 1.165) is 0 Å². The van der Waals surface area contributed by atoms with Gasteiger partial charge >= 0.3 is 0 Å². The van der Waals surface area contributed by atoms with Crippen LogP contribution < -0.4 is 0 Å². The predicted molar refractivity (Wildman–Crippen MR) is 82.1 cm³/mol. The van der Waals surface area contributed by atoms with Gasteiger partial charge < -0.3 is 0 Å². The average Bonchev–Trinajstić information content (AvgIpc) is 2.30. The first-order valence-electron chi connectivity index (χ1n) is 5.90. The van der Waals surface area contributed by atoms with Crippen LogP contribution in [-0.2, 0) is 0 Å². The molecule has 0 nitrogen and oxygen atoms in total. The van der Waals surface area contributed by atoms with E-state index in [1.54, 1.807) is 5.41 Å². The Kier molecular flexibility index (Phi) is 5.85. The van der Waals surface area contributed by atoms with E-state index in [4.69, 9.17) is 0 Å². The van der Waals surface area contributed by atoms with Crippen LogP contribution in [0.2, 0.25) is 0 Å². The van der Waals surface area contributed by atoms with Crippen molar-refractivity contribution in [2.24, 2.45) is 5.92 Å². The minimum atomic E-state index is 0.466. The van der Waals surface area contributed by atoms with Gasteiger partial charge in [-0.05, 0) is 47.9 Å². The molecule has 0 N–H and O–H groups in total. The molecule has 0 aliphatic heterocycles.